The molecule has 2 aromatic heterocycles. The van der Waals surface area contributed by atoms with Crippen molar-refractivity contribution in [2.24, 2.45) is 5.73 Å². The maximum Gasteiger partial charge on any atom is 0.138 e. The molecule has 2 N–H and O–H groups in total. The van der Waals surface area contributed by atoms with Gasteiger partial charge in [0.2, 0.25) is 0 Å². The standard InChI is InChI=1S/C15H22N4/c1-4-5-14-17-6-7-19(14)15-9-12(10-16)8-13(18-15)11(2)3/h6-9,11H,4-5,10,16H2,1-3H3. The zero-order valence-electron chi connectivity index (χ0n) is 11.9. The van der Waals surface area contributed by atoms with Gasteiger partial charge in [0, 0.05) is 31.1 Å². The molecule has 0 aromatic carbocycles. The fourth-order valence-corrected chi connectivity index (χ4v) is 2.08. The average Bonchev–Trinajstić information content (AvgIpc) is 2.87. The van der Waals surface area contributed by atoms with Crippen molar-refractivity contribution in [1.82, 2.24) is 14.5 Å². The molecule has 0 aliphatic rings. The number of pyridine rings is 1. The first kappa shape index (κ1) is 13.7. The van der Waals surface area contributed by atoms with Gasteiger partial charge in [0.1, 0.15) is 11.6 Å². The Morgan fingerprint density at radius 1 is 1.32 bits per heavy atom. The van der Waals surface area contributed by atoms with Crippen LogP contribution in [-0.2, 0) is 13.0 Å². The number of aromatic nitrogens is 3. The van der Waals surface area contributed by atoms with Gasteiger partial charge in [-0.2, -0.15) is 0 Å². The van der Waals surface area contributed by atoms with E-state index in [9.17, 15) is 0 Å². The van der Waals surface area contributed by atoms with Gasteiger partial charge in [-0.3, -0.25) is 4.57 Å². The van der Waals surface area contributed by atoms with Gasteiger partial charge in [0.25, 0.3) is 0 Å². The quantitative estimate of drug-likeness (QED) is 0.897. The molecule has 4 nitrogen and oxygen atoms in total. The number of hydrogen-bond acceptors (Lipinski definition) is 3. The van der Waals surface area contributed by atoms with Crippen molar-refractivity contribution >= 4 is 0 Å². The van der Waals surface area contributed by atoms with E-state index in [1.54, 1.807) is 0 Å². The highest BCUT2D eigenvalue weighted by Gasteiger charge is 2.10. The van der Waals surface area contributed by atoms with Crippen LogP contribution in [0.15, 0.2) is 24.5 Å². The Kier molecular flexibility index (Phi) is 4.32. The Bertz CT molecular complexity index is 543. The molecule has 19 heavy (non-hydrogen) atoms. The van der Waals surface area contributed by atoms with Crippen LogP contribution in [0.25, 0.3) is 5.82 Å². The van der Waals surface area contributed by atoms with Crippen LogP contribution in [0.5, 0.6) is 0 Å². The maximum absolute atomic E-state index is 5.79. The summed E-state index contributed by atoms with van der Waals surface area (Å²) in [4.78, 5) is 9.14. The summed E-state index contributed by atoms with van der Waals surface area (Å²) in [6.45, 7) is 6.98. The smallest absolute Gasteiger partial charge is 0.138 e. The summed E-state index contributed by atoms with van der Waals surface area (Å²) in [7, 11) is 0. The number of hydrogen-bond donors (Lipinski definition) is 1. The first-order valence-electron chi connectivity index (χ1n) is 6.89. The Hall–Kier alpha value is -1.68. The summed E-state index contributed by atoms with van der Waals surface area (Å²) in [5.74, 6) is 2.37. The van der Waals surface area contributed by atoms with E-state index in [1.807, 2.05) is 18.5 Å². The highest BCUT2D eigenvalue weighted by Crippen LogP contribution is 2.18. The van der Waals surface area contributed by atoms with E-state index >= 15 is 0 Å². The molecule has 102 valence electrons. The number of nitrogens with zero attached hydrogens (tertiary/aromatic N) is 3. The molecule has 0 bridgehead atoms. The third-order valence-corrected chi connectivity index (χ3v) is 3.16. The zero-order valence-corrected chi connectivity index (χ0v) is 11.9. The lowest BCUT2D eigenvalue weighted by Crippen LogP contribution is -2.08. The van der Waals surface area contributed by atoms with E-state index in [-0.39, 0.29) is 0 Å². The fraction of sp³-hybridized carbons (Fsp3) is 0.467. The highest BCUT2D eigenvalue weighted by atomic mass is 15.1. The largest absolute Gasteiger partial charge is 0.326 e. The van der Waals surface area contributed by atoms with Gasteiger partial charge in [0.15, 0.2) is 0 Å². The van der Waals surface area contributed by atoms with Crippen molar-refractivity contribution in [3.63, 3.8) is 0 Å². The monoisotopic (exact) mass is 258 g/mol. The summed E-state index contributed by atoms with van der Waals surface area (Å²) >= 11 is 0. The summed E-state index contributed by atoms with van der Waals surface area (Å²) in [5, 5.41) is 0. The number of rotatable bonds is 5. The predicted octanol–water partition coefficient (Wildman–Crippen LogP) is 2.80. The molecule has 0 saturated heterocycles. The van der Waals surface area contributed by atoms with Crippen molar-refractivity contribution < 1.29 is 0 Å². The van der Waals surface area contributed by atoms with E-state index in [0.29, 0.717) is 12.5 Å². The second-order valence-electron chi connectivity index (χ2n) is 5.08. The van der Waals surface area contributed by atoms with Crippen LogP contribution >= 0.6 is 0 Å². The van der Waals surface area contributed by atoms with Gasteiger partial charge >= 0.3 is 0 Å². The topological polar surface area (TPSA) is 56.7 Å². The van der Waals surface area contributed by atoms with Crippen LogP contribution < -0.4 is 5.73 Å². The highest BCUT2D eigenvalue weighted by molar-refractivity contribution is 5.33. The molecule has 0 atom stereocenters. The van der Waals surface area contributed by atoms with Crippen LogP contribution in [0, 0.1) is 0 Å². The van der Waals surface area contributed by atoms with Crippen molar-refractivity contribution in [3.8, 4) is 5.82 Å². The molecule has 0 unspecified atom stereocenters. The molecule has 0 aliphatic heterocycles. The first-order valence-corrected chi connectivity index (χ1v) is 6.89. The minimum absolute atomic E-state index is 0.392. The van der Waals surface area contributed by atoms with Crippen LogP contribution in [0.1, 0.15) is 50.2 Å². The second-order valence-corrected chi connectivity index (χ2v) is 5.08. The minimum Gasteiger partial charge on any atom is -0.326 e. The second kappa shape index (κ2) is 5.97. The van der Waals surface area contributed by atoms with E-state index in [1.165, 1.54) is 0 Å². The van der Waals surface area contributed by atoms with E-state index in [4.69, 9.17) is 10.7 Å². The summed E-state index contributed by atoms with van der Waals surface area (Å²) in [5.41, 5.74) is 7.98. The summed E-state index contributed by atoms with van der Waals surface area (Å²) in [6, 6.07) is 4.14. The van der Waals surface area contributed by atoms with Gasteiger partial charge in [-0.05, 0) is 30.0 Å². The van der Waals surface area contributed by atoms with E-state index in [2.05, 4.69) is 36.4 Å². The van der Waals surface area contributed by atoms with Crippen molar-refractivity contribution in [2.75, 3.05) is 0 Å². The van der Waals surface area contributed by atoms with Crippen LogP contribution in [0.3, 0.4) is 0 Å². The molecular formula is C15H22N4. The molecule has 0 saturated carbocycles. The minimum atomic E-state index is 0.392. The van der Waals surface area contributed by atoms with E-state index < -0.39 is 0 Å². The number of imidazole rings is 1. The molecule has 0 radical (unpaired) electrons. The van der Waals surface area contributed by atoms with E-state index in [0.717, 1.165) is 35.7 Å². The van der Waals surface area contributed by atoms with Gasteiger partial charge in [-0.15, -0.1) is 0 Å². The maximum atomic E-state index is 5.79. The molecule has 0 spiro atoms. The third kappa shape index (κ3) is 3.01. The van der Waals surface area contributed by atoms with Crippen molar-refractivity contribution in [3.05, 3.63) is 41.6 Å². The predicted molar refractivity (Wildman–Crippen MR) is 77.3 cm³/mol. The Labute approximate surface area is 114 Å². The lowest BCUT2D eigenvalue weighted by atomic mass is 10.1. The van der Waals surface area contributed by atoms with Gasteiger partial charge in [0.05, 0.1) is 0 Å². The first-order chi connectivity index (χ1) is 9.15. The SMILES string of the molecule is CCCc1nccn1-c1cc(CN)cc(C(C)C)n1. The van der Waals surface area contributed by atoms with Crippen LogP contribution in [0.4, 0.5) is 0 Å². The Morgan fingerprint density at radius 3 is 2.74 bits per heavy atom. The summed E-state index contributed by atoms with van der Waals surface area (Å²) < 4.78 is 2.06. The lowest BCUT2D eigenvalue weighted by molar-refractivity contribution is 0.770. The Balaban J connectivity index is 2.48. The molecular weight excluding hydrogens is 236 g/mol. The molecule has 4 heteroatoms. The van der Waals surface area contributed by atoms with Crippen LogP contribution in [0.2, 0.25) is 0 Å². The number of aryl methyl sites for hydroxylation is 1. The van der Waals surface area contributed by atoms with Crippen LogP contribution in [-0.4, -0.2) is 14.5 Å². The third-order valence-electron chi connectivity index (χ3n) is 3.16. The zero-order chi connectivity index (χ0) is 13.8. The fourth-order valence-electron chi connectivity index (χ4n) is 2.08. The van der Waals surface area contributed by atoms with Gasteiger partial charge in [-0.1, -0.05) is 20.8 Å². The lowest BCUT2D eigenvalue weighted by Gasteiger charge is -2.12. The Morgan fingerprint density at radius 2 is 2.11 bits per heavy atom. The van der Waals surface area contributed by atoms with Crippen molar-refractivity contribution in [1.29, 1.82) is 0 Å². The molecule has 2 heterocycles. The number of nitrogens with two attached hydrogens (primary N) is 1. The molecule has 2 rings (SSSR count). The molecule has 0 amide bonds. The molecule has 2 aromatic rings. The summed E-state index contributed by atoms with van der Waals surface area (Å²) in [6.07, 6.45) is 5.83. The average molecular weight is 258 g/mol. The van der Waals surface area contributed by atoms with Gasteiger partial charge in [-0.25, -0.2) is 9.97 Å². The normalized spacial score (nSPS) is 11.2. The molecule has 0 fully saturated rings. The van der Waals surface area contributed by atoms with Gasteiger partial charge < -0.3 is 5.73 Å². The van der Waals surface area contributed by atoms with Crippen molar-refractivity contribution in [2.45, 2.75) is 46.1 Å². The molecule has 0 aliphatic carbocycles.